The van der Waals surface area contributed by atoms with Crippen LogP contribution in [0.4, 0.5) is 0 Å². The van der Waals surface area contributed by atoms with Gasteiger partial charge in [-0.2, -0.15) is 0 Å². The number of benzene rings is 1. The normalized spacial score (nSPS) is 11.7. The Morgan fingerprint density at radius 3 is 2.50 bits per heavy atom. The zero-order chi connectivity index (χ0) is 15.0. The summed E-state index contributed by atoms with van der Waals surface area (Å²) in [7, 11) is 1.63. The molecule has 0 heterocycles. The molecule has 0 aliphatic carbocycles. The monoisotopic (exact) mass is 274 g/mol. The highest BCUT2D eigenvalue weighted by Gasteiger charge is 2.16. The molecule has 0 fully saturated rings. The van der Waals surface area contributed by atoms with Crippen molar-refractivity contribution in [3.63, 3.8) is 0 Å². The van der Waals surface area contributed by atoms with Crippen LogP contribution in [-0.4, -0.2) is 32.2 Å². The largest absolute Gasteiger partial charge is 0.383 e. The molecule has 1 unspecified atom stereocenters. The van der Waals surface area contributed by atoms with Gasteiger partial charge in [0.1, 0.15) is 0 Å². The highest BCUT2D eigenvalue weighted by molar-refractivity contribution is 5.94. The second-order valence-electron chi connectivity index (χ2n) is 4.86. The van der Waals surface area contributed by atoms with Gasteiger partial charge < -0.3 is 15.8 Å². The van der Waals surface area contributed by atoms with Gasteiger partial charge >= 0.3 is 0 Å². The quantitative estimate of drug-likeness (QED) is 0.798. The predicted octanol–water partition coefficient (Wildman–Crippen LogP) is 1.40. The molecule has 108 valence electrons. The van der Waals surface area contributed by atoms with E-state index in [-0.39, 0.29) is 11.9 Å². The van der Waals surface area contributed by atoms with Crippen LogP contribution in [0.5, 0.6) is 0 Å². The molecular weight excluding hydrogens is 252 g/mol. The molecule has 1 rings (SSSR count). The van der Waals surface area contributed by atoms with Crippen LogP contribution in [0, 0.1) is 17.8 Å². The maximum absolute atomic E-state index is 12.1. The first-order valence-corrected chi connectivity index (χ1v) is 6.67. The molecular formula is C16H22N2O2. The molecule has 0 spiro atoms. The number of methoxy groups -OCH3 is 1. The lowest BCUT2D eigenvalue weighted by Gasteiger charge is -2.21. The maximum Gasteiger partial charge on any atom is 0.251 e. The van der Waals surface area contributed by atoms with Gasteiger partial charge in [-0.1, -0.05) is 25.7 Å². The van der Waals surface area contributed by atoms with Gasteiger partial charge in [0.2, 0.25) is 0 Å². The molecule has 4 nitrogen and oxygen atoms in total. The summed E-state index contributed by atoms with van der Waals surface area (Å²) in [5, 5.41) is 2.98. The molecule has 0 bridgehead atoms. The summed E-state index contributed by atoms with van der Waals surface area (Å²) in [6, 6.07) is 7.17. The molecule has 1 atom stereocenters. The van der Waals surface area contributed by atoms with Crippen molar-refractivity contribution in [3.8, 4) is 11.8 Å². The van der Waals surface area contributed by atoms with E-state index >= 15 is 0 Å². The highest BCUT2D eigenvalue weighted by atomic mass is 16.5. The van der Waals surface area contributed by atoms with E-state index in [2.05, 4.69) is 31.0 Å². The highest BCUT2D eigenvalue weighted by Crippen LogP contribution is 2.07. The lowest BCUT2D eigenvalue weighted by molar-refractivity contribution is 0.0866. The molecule has 1 aromatic rings. The van der Waals surface area contributed by atoms with Gasteiger partial charge in [0.25, 0.3) is 5.91 Å². The number of carbonyl (C=O) groups excluding carboxylic acids is 1. The summed E-state index contributed by atoms with van der Waals surface area (Å²) in [6.07, 6.45) is 0. The minimum absolute atomic E-state index is 0.00390. The topological polar surface area (TPSA) is 64.3 Å². The molecule has 0 saturated carbocycles. The SMILES string of the molecule is COCC(NC(=O)c1ccc(C#CCN)cc1)C(C)C. The summed E-state index contributed by atoms with van der Waals surface area (Å²) in [6.45, 7) is 4.93. The van der Waals surface area contributed by atoms with Gasteiger partial charge in [-0.15, -0.1) is 0 Å². The van der Waals surface area contributed by atoms with Crippen LogP contribution in [0.1, 0.15) is 29.8 Å². The van der Waals surface area contributed by atoms with Crippen LogP contribution in [0.15, 0.2) is 24.3 Å². The average molecular weight is 274 g/mol. The van der Waals surface area contributed by atoms with Crippen molar-refractivity contribution in [2.45, 2.75) is 19.9 Å². The minimum atomic E-state index is -0.0981. The van der Waals surface area contributed by atoms with Gasteiger partial charge in [-0.25, -0.2) is 0 Å². The zero-order valence-electron chi connectivity index (χ0n) is 12.3. The first kappa shape index (κ1) is 16.2. The van der Waals surface area contributed by atoms with E-state index in [9.17, 15) is 4.79 Å². The fourth-order valence-electron chi connectivity index (χ4n) is 1.69. The van der Waals surface area contributed by atoms with Gasteiger partial charge in [0.15, 0.2) is 0 Å². The molecule has 4 heteroatoms. The van der Waals surface area contributed by atoms with Crippen LogP contribution in [0.2, 0.25) is 0 Å². The van der Waals surface area contributed by atoms with E-state index in [1.807, 2.05) is 12.1 Å². The number of hydrogen-bond donors (Lipinski definition) is 2. The summed E-state index contributed by atoms with van der Waals surface area (Å²) in [5.74, 6) is 5.92. The van der Waals surface area contributed by atoms with Crippen molar-refractivity contribution in [1.82, 2.24) is 5.32 Å². The number of rotatable bonds is 5. The summed E-state index contributed by atoms with van der Waals surface area (Å²) >= 11 is 0. The third-order valence-corrected chi connectivity index (χ3v) is 2.95. The molecule has 0 aromatic heterocycles. The van der Waals surface area contributed by atoms with Crippen molar-refractivity contribution in [2.75, 3.05) is 20.3 Å². The standard InChI is InChI=1S/C16H22N2O2/c1-12(2)15(11-20-3)18-16(19)14-8-6-13(7-9-14)5-4-10-17/h6-9,12,15H,10-11,17H2,1-3H3,(H,18,19). The third-order valence-electron chi connectivity index (χ3n) is 2.95. The molecule has 1 amide bonds. The zero-order valence-corrected chi connectivity index (χ0v) is 12.3. The Bertz CT molecular complexity index is 483. The number of amides is 1. The van der Waals surface area contributed by atoms with Crippen molar-refractivity contribution in [2.24, 2.45) is 11.7 Å². The Morgan fingerprint density at radius 2 is 2.00 bits per heavy atom. The van der Waals surface area contributed by atoms with Crippen LogP contribution in [-0.2, 0) is 4.74 Å². The first-order chi connectivity index (χ1) is 9.58. The van der Waals surface area contributed by atoms with E-state index in [1.54, 1.807) is 19.2 Å². The number of hydrogen-bond acceptors (Lipinski definition) is 3. The van der Waals surface area contributed by atoms with E-state index in [0.29, 0.717) is 24.6 Å². The summed E-state index contributed by atoms with van der Waals surface area (Å²) in [5.41, 5.74) is 6.78. The number of carbonyl (C=O) groups is 1. The lowest BCUT2D eigenvalue weighted by atomic mass is 10.0. The van der Waals surface area contributed by atoms with Crippen molar-refractivity contribution < 1.29 is 9.53 Å². The van der Waals surface area contributed by atoms with Crippen LogP contribution < -0.4 is 11.1 Å². The average Bonchev–Trinajstić information content (AvgIpc) is 2.45. The maximum atomic E-state index is 12.1. The number of nitrogens with one attached hydrogen (secondary N) is 1. The number of ether oxygens (including phenoxy) is 1. The summed E-state index contributed by atoms with van der Waals surface area (Å²) in [4.78, 5) is 12.1. The van der Waals surface area contributed by atoms with Crippen molar-refractivity contribution >= 4 is 5.91 Å². The molecule has 0 aliphatic heterocycles. The van der Waals surface area contributed by atoms with Crippen LogP contribution in [0.25, 0.3) is 0 Å². The molecule has 1 aromatic carbocycles. The smallest absolute Gasteiger partial charge is 0.251 e. The lowest BCUT2D eigenvalue weighted by Crippen LogP contribution is -2.41. The molecule has 0 aliphatic rings. The van der Waals surface area contributed by atoms with Crippen LogP contribution >= 0.6 is 0 Å². The first-order valence-electron chi connectivity index (χ1n) is 6.67. The minimum Gasteiger partial charge on any atom is -0.383 e. The Morgan fingerprint density at radius 1 is 1.35 bits per heavy atom. The number of nitrogens with two attached hydrogens (primary N) is 1. The van der Waals surface area contributed by atoms with E-state index in [1.165, 1.54) is 0 Å². The molecule has 0 saturated heterocycles. The predicted molar refractivity (Wildman–Crippen MR) is 80.3 cm³/mol. The second-order valence-corrected chi connectivity index (χ2v) is 4.86. The van der Waals surface area contributed by atoms with Crippen molar-refractivity contribution in [1.29, 1.82) is 0 Å². The summed E-state index contributed by atoms with van der Waals surface area (Å²) < 4.78 is 5.12. The molecule has 20 heavy (non-hydrogen) atoms. The third kappa shape index (κ3) is 5.04. The van der Waals surface area contributed by atoms with Crippen LogP contribution in [0.3, 0.4) is 0 Å². The van der Waals surface area contributed by atoms with Gasteiger partial charge in [0, 0.05) is 18.2 Å². The second kappa shape index (κ2) is 8.36. The van der Waals surface area contributed by atoms with Gasteiger partial charge in [-0.05, 0) is 30.2 Å². The van der Waals surface area contributed by atoms with Gasteiger partial charge in [0.05, 0.1) is 19.2 Å². The van der Waals surface area contributed by atoms with E-state index in [4.69, 9.17) is 10.5 Å². The fraction of sp³-hybridized carbons (Fsp3) is 0.438. The van der Waals surface area contributed by atoms with Crippen molar-refractivity contribution in [3.05, 3.63) is 35.4 Å². The van der Waals surface area contributed by atoms with E-state index in [0.717, 1.165) is 5.56 Å². The molecule has 0 radical (unpaired) electrons. The Hall–Kier alpha value is -1.83. The van der Waals surface area contributed by atoms with E-state index < -0.39 is 0 Å². The van der Waals surface area contributed by atoms with Gasteiger partial charge in [-0.3, -0.25) is 4.79 Å². The fourth-order valence-corrected chi connectivity index (χ4v) is 1.69. The Balaban J connectivity index is 2.72. The Kier molecular flexibility index (Phi) is 6.78. The molecule has 3 N–H and O–H groups in total. The Labute approximate surface area is 120 Å².